The monoisotopic (exact) mass is 184 g/mol. The highest BCUT2D eigenvalue weighted by molar-refractivity contribution is 4.98. The highest BCUT2D eigenvalue weighted by Gasteiger charge is 2.11. The summed E-state index contributed by atoms with van der Waals surface area (Å²) in [5.41, 5.74) is 0.888. The van der Waals surface area contributed by atoms with Gasteiger partial charge in [-0.15, -0.1) is 0 Å². The van der Waals surface area contributed by atoms with Crippen molar-refractivity contribution < 1.29 is 4.74 Å². The zero-order chi connectivity index (χ0) is 9.52. The van der Waals surface area contributed by atoms with Crippen LogP contribution in [0.5, 0.6) is 0 Å². The third-order valence-corrected chi connectivity index (χ3v) is 1.77. The van der Waals surface area contributed by atoms with E-state index in [1.807, 2.05) is 7.05 Å². The second kappa shape index (κ2) is 5.66. The van der Waals surface area contributed by atoms with Crippen molar-refractivity contribution in [1.29, 1.82) is 0 Å². The minimum Gasteiger partial charge on any atom is -0.379 e. The first kappa shape index (κ1) is 10.1. The summed E-state index contributed by atoms with van der Waals surface area (Å²) in [6.45, 7) is 3.51. The number of rotatable bonds is 6. The van der Waals surface area contributed by atoms with Gasteiger partial charge in [-0.05, 0) is 13.5 Å². The first-order valence-corrected chi connectivity index (χ1v) is 4.49. The summed E-state index contributed by atoms with van der Waals surface area (Å²) in [6, 6.07) is 0.130. The van der Waals surface area contributed by atoms with Crippen molar-refractivity contribution in [2.75, 3.05) is 20.3 Å². The molecule has 5 nitrogen and oxygen atoms in total. The predicted octanol–water partition coefficient (Wildman–Crippen LogP) is 0.492. The fourth-order valence-corrected chi connectivity index (χ4v) is 1.04. The highest BCUT2D eigenvalue weighted by Crippen LogP contribution is 2.07. The smallest absolute Gasteiger partial charge is 0.102 e. The van der Waals surface area contributed by atoms with Gasteiger partial charge in [-0.1, -0.05) is 6.92 Å². The summed E-state index contributed by atoms with van der Waals surface area (Å²) in [4.78, 5) is 0. The maximum absolute atomic E-state index is 5.42. The van der Waals surface area contributed by atoms with Gasteiger partial charge in [-0.3, -0.25) is 0 Å². The lowest BCUT2D eigenvalue weighted by molar-refractivity contribution is 0.113. The van der Waals surface area contributed by atoms with Gasteiger partial charge in [0.1, 0.15) is 5.69 Å². The topological polar surface area (TPSA) is 62.8 Å². The van der Waals surface area contributed by atoms with Crippen LogP contribution in [0.25, 0.3) is 0 Å². The van der Waals surface area contributed by atoms with Crippen LogP contribution >= 0.6 is 0 Å². The van der Waals surface area contributed by atoms with Crippen molar-refractivity contribution in [3.05, 3.63) is 11.9 Å². The average Bonchev–Trinajstić information content (AvgIpc) is 2.65. The lowest BCUT2D eigenvalue weighted by Crippen LogP contribution is -2.22. The quantitative estimate of drug-likeness (QED) is 0.632. The summed E-state index contributed by atoms with van der Waals surface area (Å²) in [6.07, 6.45) is 2.74. The molecule has 0 bridgehead atoms. The Balaban J connectivity index is 2.35. The number of ether oxygens (including phenoxy) is 1. The largest absolute Gasteiger partial charge is 0.379 e. The van der Waals surface area contributed by atoms with Crippen molar-refractivity contribution in [3.63, 3.8) is 0 Å². The maximum atomic E-state index is 5.42. The molecule has 2 N–H and O–H groups in total. The molecule has 1 heterocycles. The highest BCUT2D eigenvalue weighted by atomic mass is 16.5. The Labute approximate surface area is 77.9 Å². The van der Waals surface area contributed by atoms with Gasteiger partial charge in [-0.2, -0.15) is 15.4 Å². The van der Waals surface area contributed by atoms with Gasteiger partial charge in [0, 0.05) is 6.61 Å². The second-order valence-corrected chi connectivity index (χ2v) is 2.81. The average molecular weight is 184 g/mol. The molecule has 0 aromatic carbocycles. The Morgan fingerprint density at radius 3 is 3.08 bits per heavy atom. The molecule has 0 aliphatic carbocycles. The van der Waals surface area contributed by atoms with E-state index in [0.717, 1.165) is 18.7 Å². The van der Waals surface area contributed by atoms with Gasteiger partial charge in [0.15, 0.2) is 0 Å². The van der Waals surface area contributed by atoms with E-state index in [-0.39, 0.29) is 6.04 Å². The van der Waals surface area contributed by atoms with E-state index < -0.39 is 0 Å². The van der Waals surface area contributed by atoms with Crippen molar-refractivity contribution >= 4 is 0 Å². The molecule has 0 fully saturated rings. The molecule has 0 aliphatic rings. The summed E-state index contributed by atoms with van der Waals surface area (Å²) in [7, 11) is 1.88. The molecule has 0 saturated carbocycles. The van der Waals surface area contributed by atoms with Gasteiger partial charge < -0.3 is 10.1 Å². The van der Waals surface area contributed by atoms with Crippen LogP contribution in [-0.2, 0) is 4.74 Å². The van der Waals surface area contributed by atoms with Crippen LogP contribution in [0.2, 0.25) is 0 Å². The van der Waals surface area contributed by atoms with Gasteiger partial charge in [0.2, 0.25) is 0 Å². The van der Waals surface area contributed by atoms with Crippen LogP contribution in [0, 0.1) is 0 Å². The summed E-state index contributed by atoms with van der Waals surface area (Å²) in [5, 5.41) is 13.4. The van der Waals surface area contributed by atoms with Crippen molar-refractivity contribution in [2.45, 2.75) is 19.4 Å². The number of nitrogens with one attached hydrogen (secondary N) is 2. The molecular weight excluding hydrogens is 168 g/mol. The molecule has 0 radical (unpaired) electrons. The van der Waals surface area contributed by atoms with Crippen LogP contribution in [0.15, 0.2) is 6.20 Å². The molecule has 0 spiro atoms. The van der Waals surface area contributed by atoms with Gasteiger partial charge >= 0.3 is 0 Å². The van der Waals surface area contributed by atoms with E-state index in [1.54, 1.807) is 6.20 Å². The van der Waals surface area contributed by atoms with E-state index in [4.69, 9.17) is 4.74 Å². The van der Waals surface area contributed by atoms with Crippen molar-refractivity contribution in [2.24, 2.45) is 0 Å². The number of H-pyrrole nitrogens is 1. The SMILES string of the molecule is CCCOCC(NC)c1cn[nH]n1. The van der Waals surface area contributed by atoms with E-state index in [9.17, 15) is 0 Å². The summed E-state index contributed by atoms with van der Waals surface area (Å²) in [5.74, 6) is 0. The number of hydrogen-bond donors (Lipinski definition) is 2. The molecule has 5 heteroatoms. The predicted molar refractivity (Wildman–Crippen MR) is 49.3 cm³/mol. The third-order valence-electron chi connectivity index (χ3n) is 1.77. The zero-order valence-electron chi connectivity index (χ0n) is 8.08. The van der Waals surface area contributed by atoms with Crippen molar-refractivity contribution in [1.82, 2.24) is 20.7 Å². The molecule has 1 unspecified atom stereocenters. The molecule has 1 aromatic rings. The summed E-state index contributed by atoms with van der Waals surface area (Å²) >= 11 is 0. The van der Waals surface area contributed by atoms with Crippen molar-refractivity contribution in [3.8, 4) is 0 Å². The Bertz CT molecular complexity index is 212. The number of hydrogen-bond acceptors (Lipinski definition) is 4. The first-order chi connectivity index (χ1) is 6.38. The van der Waals surface area contributed by atoms with Gasteiger partial charge in [-0.25, -0.2) is 0 Å². The van der Waals surface area contributed by atoms with Crippen LogP contribution in [0.1, 0.15) is 25.1 Å². The van der Waals surface area contributed by atoms with E-state index in [2.05, 4.69) is 27.7 Å². The first-order valence-electron chi connectivity index (χ1n) is 4.49. The van der Waals surface area contributed by atoms with Gasteiger partial charge in [0.25, 0.3) is 0 Å². The number of nitrogens with zero attached hydrogens (tertiary/aromatic N) is 2. The Hall–Kier alpha value is -0.940. The molecule has 0 amide bonds. The van der Waals surface area contributed by atoms with Crippen LogP contribution < -0.4 is 5.32 Å². The molecular formula is C8H16N4O. The van der Waals surface area contributed by atoms with E-state index >= 15 is 0 Å². The van der Waals surface area contributed by atoms with Crippen LogP contribution in [0.3, 0.4) is 0 Å². The maximum Gasteiger partial charge on any atom is 0.102 e. The van der Waals surface area contributed by atoms with Crippen LogP contribution in [-0.4, -0.2) is 35.7 Å². The van der Waals surface area contributed by atoms with E-state index in [1.165, 1.54) is 0 Å². The van der Waals surface area contributed by atoms with E-state index in [0.29, 0.717) is 6.61 Å². The third kappa shape index (κ3) is 3.12. The van der Waals surface area contributed by atoms with Gasteiger partial charge in [0.05, 0.1) is 18.8 Å². The standard InChI is InChI=1S/C8H16N4O/c1-3-4-13-6-8(9-2)7-5-10-12-11-7/h5,8-9H,3-4,6H2,1-2H3,(H,10,11,12). The minimum atomic E-state index is 0.130. The minimum absolute atomic E-state index is 0.130. The lowest BCUT2D eigenvalue weighted by atomic mass is 10.2. The number of aromatic amines is 1. The van der Waals surface area contributed by atoms with Crippen LogP contribution in [0.4, 0.5) is 0 Å². The number of aromatic nitrogens is 3. The Morgan fingerprint density at radius 1 is 1.69 bits per heavy atom. The zero-order valence-corrected chi connectivity index (χ0v) is 8.08. The molecule has 1 rings (SSSR count). The second-order valence-electron chi connectivity index (χ2n) is 2.81. The fourth-order valence-electron chi connectivity index (χ4n) is 1.04. The normalized spacial score (nSPS) is 13.1. The molecule has 0 saturated heterocycles. The molecule has 1 aromatic heterocycles. The number of likely N-dealkylation sites (N-methyl/N-ethyl adjacent to an activating group) is 1. The molecule has 1 atom stereocenters. The molecule has 74 valence electrons. The lowest BCUT2D eigenvalue weighted by Gasteiger charge is -2.12. The Morgan fingerprint density at radius 2 is 2.54 bits per heavy atom. The fraction of sp³-hybridized carbons (Fsp3) is 0.750. The summed E-state index contributed by atoms with van der Waals surface area (Å²) < 4.78 is 5.42. The Kier molecular flexibility index (Phi) is 4.42. The molecule has 13 heavy (non-hydrogen) atoms. The molecule has 0 aliphatic heterocycles.